The minimum Gasteiger partial charge on any atom is -0.276 e. The second-order valence-electron chi connectivity index (χ2n) is 6.90. The van der Waals surface area contributed by atoms with Crippen LogP contribution < -0.4 is 5.01 Å². The van der Waals surface area contributed by atoms with E-state index in [9.17, 15) is 4.79 Å². The molecule has 1 aliphatic rings. The Hall–Kier alpha value is -3.98. The van der Waals surface area contributed by atoms with Crippen molar-refractivity contribution in [3.63, 3.8) is 0 Å². The quantitative estimate of drug-likeness (QED) is 0.450. The Morgan fingerprint density at radius 1 is 1.03 bits per heavy atom. The minimum atomic E-state index is -0.791. The number of aromatic amines is 1. The molecule has 0 unspecified atom stereocenters. The molecule has 1 amide bonds. The van der Waals surface area contributed by atoms with E-state index >= 15 is 0 Å². The predicted octanol–water partition coefficient (Wildman–Crippen LogP) is 5.08. The number of nitrogens with one attached hydrogen (secondary N) is 1. The number of hydrazone groups is 1. The molecule has 0 saturated carbocycles. The highest BCUT2D eigenvalue weighted by Gasteiger charge is 2.36. The molecule has 152 valence electrons. The van der Waals surface area contributed by atoms with Crippen molar-refractivity contribution in [1.82, 2.24) is 15.2 Å². The number of anilines is 1. The van der Waals surface area contributed by atoms with Gasteiger partial charge in [0.25, 0.3) is 5.91 Å². The lowest BCUT2D eigenvalue weighted by atomic mass is 10.2. The largest absolute Gasteiger partial charge is 0.282 e. The molecule has 1 N–H and O–H groups in total. The van der Waals surface area contributed by atoms with Gasteiger partial charge in [-0.3, -0.25) is 9.89 Å². The Kier molecular flexibility index (Phi) is 4.93. The van der Waals surface area contributed by atoms with E-state index in [4.69, 9.17) is 0 Å². The molecule has 2 aromatic carbocycles. The fraction of sp³-hybridized carbons (Fsp3) is 0.0909. The van der Waals surface area contributed by atoms with E-state index in [1.165, 1.54) is 16.3 Å². The van der Waals surface area contributed by atoms with Gasteiger partial charge in [0.1, 0.15) is 0 Å². The molecule has 8 nitrogen and oxygen atoms in total. The van der Waals surface area contributed by atoms with Crippen LogP contribution in [0.3, 0.4) is 0 Å². The fourth-order valence-corrected chi connectivity index (χ4v) is 3.96. The zero-order chi connectivity index (χ0) is 21.2. The van der Waals surface area contributed by atoms with Crippen LogP contribution >= 0.6 is 11.3 Å². The van der Waals surface area contributed by atoms with Crippen LogP contribution in [0.2, 0.25) is 0 Å². The molecular formula is C22H17N7OS. The number of benzene rings is 2. The van der Waals surface area contributed by atoms with Crippen LogP contribution in [0.1, 0.15) is 6.92 Å². The smallest absolute Gasteiger partial charge is 0.276 e. The Morgan fingerprint density at radius 2 is 1.74 bits per heavy atom. The number of azo groups is 1. The van der Waals surface area contributed by atoms with Crippen LogP contribution in [0.5, 0.6) is 0 Å². The molecule has 0 aliphatic carbocycles. The zero-order valence-electron chi connectivity index (χ0n) is 16.5. The van der Waals surface area contributed by atoms with Gasteiger partial charge in [-0.2, -0.15) is 20.3 Å². The third kappa shape index (κ3) is 3.78. The highest BCUT2D eigenvalue weighted by atomic mass is 32.1. The van der Waals surface area contributed by atoms with E-state index in [2.05, 4.69) is 30.5 Å². The van der Waals surface area contributed by atoms with E-state index in [0.29, 0.717) is 16.7 Å². The number of carbonyl (C=O) groups excluding carboxylic acids is 1. The molecule has 4 aromatic rings. The van der Waals surface area contributed by atoms with Gasteiger partial charge in [-0.1, -0.05) is 60.7 Å². The lowest BCUT2D eigenvalue weighted by Crippen LogP contribution is -2.29. The van der Waals surface area contributed by atoms with Gasteiger partial charge in [-0.15, -0.1) is 16.5 Å². The maximum atomic E-state index is 12.9. The standard InChI is InChI=1S/C22H17N7OS/c1-14-20(27-26-19-12-17(24-25-19)15-8-4-2-5-9-15)21(30)29(28-14)22-23-18(13-31-22)16-10-6-3-7-11-16/h2-13,20H,1H3,(H,24,25)/t20-/m0/s1. The second kappa shape index (κ2) is 8.04. The maximum Gasteiger partial charge on any atom is 0.282 e. The maximum absolute atomic E-state index is 12.9. The molecule has 0 radical (unpaired) electrons. The first kappa shape index (κ1) is 19.0. The Labute approximate surface area is 182 Å². The van der Waals surface area contributed by atoms with Gasteiger partial charge in [0, 0.05) is 17.0 Å². The monoisotopic (exact) mass is 427 g/mol. The molecule has 1 aliphatic heterocycles. The summed E-state index contributed by atoms with van der Waals surface area (Å²) in [5.41, 5.74) is 4.17. The van der Waals surface area contributed by atoms with E-state index in [0.717, 1.165) is 22.5 Å². The fourth-order valence-electron chi connectivity index (χ4n) is 3.17. The van der Waals surface area contributed by atoms with Crippen molar-refractivity contribution in [3.8, 4) is 22.5 Å². The molecular weight excluding hydrogens is 410 g/mol. The molecule has 0 bridgehead atoms. The summed E-state index contributed by atoms with van der Waals surface area (Å²) in [6.07, 6.45) is 0. The van der Waals surface area contributed by atoms with Gasteiger partial charge in [-0.25, -0.2) is 4.98 Å². The number of H-pyrrole nitrogens is 1. The van der Waals surface area contributed by atoms with Crippen molar-refractivity contribution in [1.29, 1.82) is 0 Å². The van der Waals surface area contributed by atoms with Crippen LogP contribution in [-0.4, -0.2) is 32.8 Å². The van der Waals surface area contributed by atoms with Crippen LogP contribution in [0.4, 0.5) is 10.9 Å². The first-order valence-electron chi connectivity index (χ1n) is 9.61. The third-order valence-corrected chi connectivity index (χ3v) is 5.58. The summed E-state index contributed by atoms with van der Waals surface area (Å²) in [6.45, 7) is 1.76. The zero-order valence-corrected chi connectivity index (χ0v) is 17.3. The lowest BCUT2D eigenvalue weighted by molar-refractivity contribution is -0.117. The van der Waals surface area contributed by atoms with Crippen LogP contribution in [-0.2, 0) is 4.79 Å². The van der Waals surface area contributed by atoms with Gasteiger partial charge in [0.05, 0.1) is 17.1 Å². The Balaban J connectivity index is 1.32. The minimum absolute atomic E-state index is 0.283. The molecule has 0 spiro atoms. The number of amides is 1. The summed E-state index contributed by atoms with van der Waals surface area (Å²) >= 11 is 1.36. The molecule has 2 aromatic heterocycles. The number of carbonyl (C=O) groups is 1. The topological polar surface area (TPSA) is 99.0 Å². The number of thiazole rings is 1. The average Bonchev–Trinajstić information content (AvgIpc) is 3.54. The second-order valence-corrected chi connectivity index (χ2v) is 7.73. The highest BCUT2D eigenvalue weighted by Crippen LogP contribution is 2.30. The van der Waals surface area contributed by atoms with Crippen molar-refractivity contribution in [2.45, 2.75) is 13.0 Å². The summed E-state index contributed by atoms with van der Waals surface area (Å²) in [6, 6.07) is 20.6. The van der Waals surface area contributed by atoms with Crippen molar-refractivity contribution in [2.24, 2.45) is 15.3 Å². The molecule has 31 heavy (non-hydrogen) atoms. The van der Waals surface area contributed by atoms with Crippen molar-refractivity contribution < 1.29 is 4.79 Å². The molecule has 3 heterocycles. The van der Waals surface area contributed by atoms with Crippen LogP contribution in [0.15, 0.2) is 87.4 Å². The lowest BCUT2D eigenvalue weighted by Gasteiger charge is -2.07. The first-order chi connectivity index (χ1) is 15.2. The number of rotatable bonds is 5. The van der Waals surface area contributed by atoms with Crippen LogP contribution in [0, 0.1) is 0 Å². The number of hydrogen-bond donors (Lipinski definition) is 1. The van der Waals surface area contributed by atoms with Gasteiger partial charge in [0.2, 0.25) is 5.13 Å². The molecule has 5 rings (SSSR count). The van der Waals surface area contributed by atoms with E-state index in [1.54, 1.807) is 13.0 Å². The predicted molar refractivity (Wildman–Crippen MR) is 120 cm³/mol. The SMILES string of the molecule is CC1=NN(c2nc(-c3ccccc3)cs2)C(=O)[C@H]1N=Nc1cc(-c2ccccc2)[nH]n1. The summed E-state index contributed by atoms with van der Waals surface area (Å²) in [7, 11) is 0. The van der Waals surface area contributed by atoms with E-state index in [1.807, 2.05) is 66.0 Å². The Morgan fingerprint density at radius 3 is 2.48 bits per heavy atom. The van der Waals surface area contributed by atoms with E-state index in [-0.39, 0.29) is 5.91 Å². The summed E-state index contributed by atoms with van der Waals surface area (Å²) < 4.78 is 0. The third-order valence-electron chi connectivity index (χ3n) is 4.76. The van der Waals surface area contributed by atoms with Gasteiger partial charge >= 0.3 is 0 Å². The van der Waals surface area contributed by atoms with Gasteiger partial charge in [-0.05, 0) is 12.5 Å². The number of nitrogens with zero attached hydrogens (tertiary/aromatic N) is 6. The van der Waals surface area contributed by atoms with Crippen LogP contribution in [0.25, 0.3) is 22.5 Å². The van der Waals surface area contributed by atoms with Gasteiger partial charge in [0.15, 0.2) is 11.9 Å². The number of aromatic nitrogens is 3. The molecule has 1 atom stereocenters. The number of hydrogen-bond acceptors (Lipinski definition) is 7. The molecule has 9 heteroatoms. The Bertz CT molecular complexity index is 1280. The van der Waals surface area contributed by atoms with Gasteiger partial charge < -0.3 is 0 Å². The summed E-state index contributed by atoms with van der Waals surface area (Å²) in [5.74, 6) is 0.118. The average molecular weight is 427 g/mol. The van der Waals surface area contributed by atoms with Crippen molar-refractivity contribution >= 4 is 33.9 Å². The molecule has 0 saturated heterocycles. The molecule has 0 fully saturated rings. The summed E-state index contributed by atoms with van der Waals surface area (Å²) in [4.78, 5) is 17.5. The first-order valence-corrected chi connectivity index (χ1v) is 10.5. The van der Waals surface area contributed by atoms with Crippen molar-refractivity contribution in [2.75, 3.05) is 5.01 Å². The highest BCUT2D eigenvalue weighted by molar-refractivity contribution is 7.14. The van der Waals surface area contributed by atoms with E-state index < -0.39 is 6.04 Å². The normalized spacial score (nSPS) is 16.3. The van der Waals surface area contributed by atoms with Crippen molar-refractivity contribution in [3.05, 3.63) is 72.1 Å². The summed E-state index contributed by atoms with van der Waals surface area (Å²) in [5, 5.41) is 23.5.